The van der Waals surface area contributed by atoms with Gasteiger partial charge in [0.1, 0.15) is 11.6 Å². The number of pyridine rings is 1. The van der Waals surface area contributed by atoms with Crippen LogP contribution in [0.5, 0.6) is 5.75 Å². The molecule has 0 fully saturated rings. The van der Waals surface area contributed by atoms with Gasteiger partial charge in [0.05, 0.1) is 19.2 Å². The highest BCUT2D eigenvalue weighted by atomic mass is 32.2. The summed E-state index contributed by atoms with van der Waals surface area (Å²) in [4.78, 5) is 20.4. The number of rotatable bonds is 6. The third kappa shape index (κ3) is 4.06. The Bertz CT molecular complexity index is 870. The quantitative estimate of drug-likeness (QED) is 0.597. The normalized spacial score (nSPS) is 10.4. The minimum atomic E-state index is -0.142. The molecule has 1 heterocycles. The molecule has 0 radical (unpaired) electrons. The standard InChI is InChI=1S/C21H20N2O2S/c1-25-19-14-17(26-2)11-12-18(19)21(24)23(20-10-6-7-13-22-20)15-16-8-4-3-5-9-16/h3-14H,15H2,1-2H3. The molecular weight excluding hydrogens is 344 g/mol. The van der Waals surface area contributed by atoms with E-state index in [1.165, 1.54) is 0 Å². The van der Waals surface area contributed by atoms with Crippen molar-refractivity contribution in [3.63, 3.8) is 0 Å². The van der Waals surface area contributed by atoms with Crippen molar-refractivity contribution in [1.82, 2.24) is 4.98 Å². The van der Waals surface area contributed by atoms with Crippen LogP contribution in [0.15, 0.2) is 77.8 Å². The number of thioether (sulfide) groups is 1. The summed E-state index contributed by atoms with van der Waals surface area (Å²) in [7, 11) is 1.58. The van der Waals surface area contributed by atoms with E-state index in [2.05, 4.69) is 4.98 Å². The molecule has 132 valence electrons. The van der Waals surface area contributed by atoms with Crippen LogP contribution < -0.4 is 9.64 Å². The Labute approximate surface area is 157 Å². The summed E-state index contributed by atoms with van der Waals surface area (Å²) < 4.78 is 5.46. The van der Waals surface area contributed by atoms with Gasteiger partial charge in [-0.05, 0) is 42.2 Å². The van der Waals surface area contributed by atoms with Gasteiger partial charge in [-0.3, -0.25) is 9.69 Å². The average molecular weight is 364 g/mol. The van der Waals surface area contributed by atoms with Gasteiger partial charge in [0.25, 0.3) is 5.91 Å². The fourth-order valence-electron chi connectivity index (χ4n) is 2.66. The largest absolute Gasteiger partial charge is 0.496 e. The molecular formula is C21H20N2O2S. The molecule has 0 aliphatic rings. The average Bonchev–Trinajstić information content (AvgIpc) is 2.72. The highest BCUT2D eigenvalue weighted by Crippen LogP contribution is 2.28. The van der Waals surface area contributed by atoms with Gasteiger partial charge in [-0.15, -0.1) is 11.8 Å². The van der Waals surface area contributed by atoms with Crippen LogP contribution in [0.3, 0.4) is 0 Å². The molecule has 0 aliphatic carbocycles. The van der Waals surface area contributed by atoms with Crippen LogP contribution in [0.2, 0.25) is 0 Å². The van der Waals surface area contributed by atoms with E-state index in [0.717, 1.165) is 10.5 Å². The number of nitrogens with zero attached hydrogens (tertiary/aromatic N) is 2. The number of benzene rings is 2. The van der Waals surface area contributed by atoms with Crippen molar-refractivity contribution in [2.75, 3.05) is 18.3 Å². The first-order valence-corrected chi connectivity index (χ1v) is 9.44. The lowest BCUT2D eigenvalue weighted by Gasteiger charge is -2.23. The van der Waals surface area contributed by atoms with Crippen LogP contribution >= 0.6 is 11.8 Å². The van der Waals surface area contributed by atoms with Gasteiger partial charge in [0.2, 0.25) is 0 Å². The zero-order chi connectivity index (χ0) is 18.4. The molecule has 0 unspecified atom stereocenters. The van der Waals surface area contributed by atoms with Crippen molar-refractivity contribution in [2.24, 2.45) is 0 Å². The lowest BCUT2D eigenvalue weighted by molar-refractivity contribution is 0.0981. The number of anilines is 1. The summed E-state index contributed by atoms with van der Waals surface area (Å²) in [6, 6.07) is 21.1. The Hall–Kier alpha value is -2.79. The van der Waals surface area contributed by atoms with E-state index in [9.17, 15) is 4.79 Å². The molecule has 1 aromatic heterocycles. The van der Waals surface area contributed by atoms with Gasteiger partial charge in [0.15, 0.2) is 0 Å². The van der Waals surface area contributed by atoms with Crippen LogP contribution in [-0.2, 0) is 6.54 Å². The Morgan fingerprint density at radius 1 is 1.08 bits per heavy atom. The van der Waals surface area contributed by atoms with Gasteiger partial charge in [0, 0.05) is 11.1 Å². The van der Waals surface area contributed by atoms with E-state index >= 15 is 0 Å². The fraction of sp³-hybridized carbons (Fsp3) is 0.143. The van der Waals surface area contributed by atoms with Crippen molar-refractivity contribution < 1.29 is 9.53 Å². The SMILES string of the molecule is COc1cc(SC)ccc1C(=O)N(Cc1ccccc1)c1ccccn1. The van der Waals surface area contributed by atoms with E-state index in [4.69, 9.17) is 4.74 Å². The van der Waals surface area contributed by atoms with Gasteiger partial charge in [-0.25, -0.2) is 4.98 Å². The molecule has 0 aliphatic heterocycles. The first kappa shape index (κ1) is 18.0. The molecule has 3 rings (SSSR count). The molecule has 0 N–H and O–H groups in total. The minimum absolute atomic E-state index is 0.142. The highest BCUT2D eigenvalue weighted by molar-refractivity contribution is 7.98. The highest BCUT2D eigenvalue weighted by Gasteiger charge is 2.22. The lowest BCUT2D eigenvalue weighted by atomic mass is 10.1. The van der Waals surface area contributed by atoms with Crippen LogP contribution in [-0.4, -0.2) is 24.3 Å². The first-order valence-electron chi connectivity index (χ1n) is 8.22. The summed E-state index contributed by atoms with van der Waals surface area (Å²) in [6.07, 6.45) is 3.68. The van der Waals surface area contributed by atoms with Gasteiger partial charge in [-0.1, -0.05) is 36.4 Å². The maximum Gasteiger partial charge on any atom is 0.263 e. The molecule has 4 nitrogen and oxygen atoms in total. The maximum absolute atomic E-state index is 13.3. The third-order valence-electron chi connectivity index (χ3n) is 3.99. The molecule has 0 spiro atoms. The Balaban J connectivity index is 2.00. The molecule has 0 saturated carbocycles. The fourth-order valence-corrected chi connectivity index (χ4v) is 3.09. The van der Waals surface area contributed by atoms with E-state index < -0.39 is 0 Å². The zero-order valence-electron chi connectivity index (χ0n) is 14.8. The molecule has 0 saturated heterocycles. The number of carbonyl (C=O) groups is 1. The Morgan fingerprint density at radius 2 is 1.85 bits per heavy atom. The van der Waals surface area contributed by atoms with E-state index in [-0.39, 0.29) is 5.91 Å². The summed E-state index contributed by atoms with van der Waals surface area (Å²) >= 11 is 1.61. The van der Waals surface area contributed by atoms with Gasteiger partial charge in [-0.2, -0.15) is 0 Å². The van der Waals surface area contributed by atoms with Crippen LogP contribution in [0, 0.1) is 0 Å². The number of hydrogen-bond donors (Lipinski definition) is 0. The van der Waals surface area contributed by atoms with E-state index in [0.29, 0.717) is 23.7 Å². The second-order valence-electron chi connectivity index (χ2n) is 5.63. The second-order valence-corrected chi connectivity index (χ2v) is 6.51. The third-order valence-corrected chi connectivity index (χ3v) is 4.72. The number of amides is 1. The molecule has 5 heteroatoms. The van der Waals surface area contributed by atoms with Crippen molar-refractivity contribution in [1.29, 1.82) is 0 Å². The molecule has 3 aromatic rings. The molecule has 0 atom stereocenters. The van der Waals surface area contributed by atoms with Crippen LogP contribution in [0.1, 0.15) is 15.9 Å². The topological polar surface area (TPSA) is 42.4 Å². The Morgan fingerprint density at radius 3 is 2.50 bits per heavy atom. The van der Waals surface area contributed by atoms with E-state index in [1.807, 2.05) is 73.0 Å². The van der Waals surface area contributed by atoms with Gasteiger partial charge < -0.3 is 4.74 Å². The minimum Gasteiger partial charge on any atom is -0.496 e. The van der Waals surface area contributed by atoms with Crippen LogP contribution in [0.4, 0.5) is 5.82 Å². The smallest absolute Gasteiger partial charge is 0.263 e. The number of ether oxygens (including phenoxy) is 1. The van der Waals surface area contributed by atoms with Crippen molar-refractivity contribution >= 4 is 23.5 Å². The molecule has 26 heavy (non-hydrogen) atoms. The predicted octanol–water partition coefficient (Wildman–Crippen LogP) is 4.66. The summed E-state index contributed by atoms with van der Waals surface area (Å²) in [5.41, 5.74) is 1.55. The maximum atomic E-state index is 13.3. The van der Waals surface area contributed by atoms with Crippen molar-refractivity contribution in [2.45, 2.75) is 11.4 Å². The lowest BCUT2D eigenvalue weighted by Crippen LogP contribution is -2.31. The number of methoxy groups -OCH3 is 1. The van der Waals surface area contributed by atoms with Gasteiger partial charge >= 0.3 is 0 Å². The number of carbonyl (C=O) groups excluding carboxylic acids is 1. The number of aromatic nitrogens is 1. The number of hydrogen-bond acceptors (Lipinski definition) is 4. The monoisotopic (exact) mass is 364 g/mol. The zero-order valence-corrected chi connectivity index (χ0v) is 15.6. The van der Waals surface area contributed by atoms with E-state index in [1.54, 1.807) is 30.0 Å². The molecule has 2 aromatic carbocycles. The van der Waals surface area contributed by atoms with Crippen molar-refractivity contribution in [3.05, 3.63) is 84.1 Å². The van der Waals surface area contributed by atoms with Crippen LogP contribution in [0.25, 0.3) is 0 Å². The Kier molecular flexibility index (Phi) is 5.92. The van der Waals surface area contributed by atoms with Crippen molar-refractivity contribution in [3.8, 4) is 5.75 Å². The first-order chi connectivity index (χ1) is 12.7. The second kappa shape index (κ2) is 8.54. The molecule has 1 amide bonds. The summed E-state index contributed by atoms with van der Waals surface area (Å²) in [5, 5.41) is 0. The summed E-state index contributed by atoms with van der Waals surface area (Å²) in [6.45, 7) is 0.435. The summed E-state index contributed by atoms with van der Waals surface area (Å²) in [5.74, 6) is 1.03. The predicted molar refractivity (Wildman–Crippen MR) is 106 cm³/mol. The molecule has 0 bridgehead atoms.